The molecule has 2 rings (SSSR count). The first-order valence-electron chi connectivity index (χ1n) is 6.69. The van der Waals surface area contributed by atoms with Crippen molar-refractivity contribution in [3.8, 4) is 0 Å². The molecule has 0 spiro atoms. The normalized spacial score (nSPS) is 26.8. The molecule has 2 atom stereocenters. The van der Waals surface area contributed by atoms with Crippen LogP contribution in [0.3, 0.4) is 0 Å². The van der Waals surface area contributed by atoms with Crippen molar-refractivity contribution in [2.24, 2.45) is 5.92 Å². The summed E-state index contributed by atoms with van der Waals surface area (Å²) in [6.45, 7) is 1.49. The number of aliphatic carboxylic acids is 1. The lowest BCUT2D eigenvalue weighted by atomic mass is 10.0. The Morgan fingerprint density at radius 2 is 2.30 bits per heavy atom. The topological polar surface area (TPSA) is 108 Å². The predicted octanol–water partition coefficient (Wildman–Crippen LogP) is -0.992. The molecule has 20 heavy (non-hydrogen) atoms. The lowest BCUT2D eigenvalue weighted by molar-refractivity contribution is -0.144. The van der Waals surface area contributed by atoms with E-state index in [1.165, 1.54) is 0 Å². The number of carbonyl (C=O) groups excluding carboxylic acids is 2. The molecule has 2 fully saturated rings. The van der Waals surface area contributed by atoms with E-state index in [0.29, 0.717) is 13.2 Å². The van der Waals surface area contributed by atoms with Gasteiger partial charge in [-0.15, -0.1) is 0 Å². The maximum atomic E-state index is 12.0. The third-order valence-corrected chi connectivity index (χ3v) is 3.53. The Morgan fingerprint density at radius 3 is 2.95 bits per heavy atom. The minimum absolute atomic E-state index is 0.0614. The zero-order chi connectivity index (χ0) is 14.5. The highest BCUT2D eigenvalue weighted by Gasteiger charge is 2.35. The van der Waals surface area contributed by atoms with Gasteiger partial charge in [0, 0.05) is 19.7 Å². The van der Waals surface area contributed by atoms with Crippen molar-refractivity contribution in [2.45, 2.75) is 18.9 Å². The first-order chi connectivity index (χ1) is 9.58. The van der Waals surface area contributed by atoms with Crippen LogP contribution in [0, 0.1) is 5.92 Å². The number of amides is 3. The van der Waals surface area contributed by atoms with E-state index in [9.17, 15) is 14.4 Å². The van der Waals surface area contributed by atoms with E-state index >= 15 is 0 Å². The summed E-state index contributed by atoms with van der Waals surface area (Å²) in [7, 11) is 0. The van der Waals surface area contributed by atoms with Crippen LogP contribution in [-0.2, 0) is 14.3 Å². The van der Waals surface area contributed by atoms with Crippen molar-refractivity contribution in [1.82, 2.24) is 15.5 Å². The number of rotatable bonds is 3. The molecular weight excluding hydrogens is 266 g/mol. The molecule has 0 bridgehead atoms. The van der Waals surface area contributed by atoms with Gasteiger partial charge in [-0.1, -0.05) is 0 Å². The number of ether oxygens (including phenoxy) is 1. The van der Waals surface area contributed by atoms with Gasteiger partial charge in [-0.2, -0.15) is 0 Å². The van der Waals surface area contributed by atoms with Crippen molar-refractivity contribution in [2.75, 3.05) is 32.8 Å². The quantitative estimate of drug-likeness (QED) is 0.617. The molecule has 3 N–H and O–H groups in total. The first kappa shape index (κ1) is 14.6. The highest BCUT2D eigenvalue weighted by atomic mass is 16.5. The van der Waals surface area contributed by atoms with Crippen LogP contribution in [0.25, 0.3) is 0 Å². The van der Waals surface area contributed by atoms with Gasteiger partial charge in [-0.3, -0.25) is 9.69 Å². The molecule has 0 saturated carbocycles. The second-order valence-electron chi connectivity index (χ2n) is 5.06. The molecule has 2 unspecified atom stereocenters. The molecule has 112 valence electrons. The molecule has 0 radical (unpaired) electrons. The van der Waals surface area contributed by atoms with Gasteiger partial charge in [0.15, 0.2) is 0 Å². The van der Waals surface area contributed by atoms with E-state index in [2.05, 4.69) is 10.6 Å². The highest BCUT2D eigenvalue weighted by Crippen LogP contribution is 2.12. The first-order valence-corrected chi connectivity index (χ1v) is 6.69. The Kier molecular flexibility index (Phi) is 4.78. The van der Waals surface area contributed by atoms with Crippen molar-refractivity contribution >= 4 is 17.9 Å². The number of carboxylic acids is 1. The number of urea groups is 1. The Hall–Kier alpha value is -1.83. The average Bonchev–Trinajstić information content (AvgIpc) is 2.45. The van der Waals surface area contributed by atoms with Gasteiger partial charge in [0.05, 0.1) is 6.61 Å². The van der Waals surface area contributed by atoms with Crippen molar-refractivity contribution in [3.05, 3.63) is 0 Å². The molecule has 2 heterocycles. The number of carbonyl (C=O) groups is 3. The van der Waals surface area contributed by atoms with E-state index in [0.717, 1.165) is 24.3 Å². The standard InChI is InChI=1S/C12H19N3O5/c16-10-6-15(9(5-13-10)11(17)18)12(19)14-4-8-2-1-3-20-7-8/h8-9H,1-7H2,(H,13,16)(H,14,19)(H,17,18). The largest absolute Gasteiger partial charge is 0.480 e. The summed E-state index contributed by atoms with van der Waals surface area (Å²) >= 11 is 0. The fourth-order valence-corrected chi connectivity index (χ4v) is 2.38. The summed E-state index contributed by atoms with van der Waals surface area (Å²) in [4.78, 5) is 35.5. The van der Waals surface area contributed by atoms with E-state index < -0.39 is 18.0 Å². The Labute approximate surface area is 116 Å². The molecule has 0 aromatic carbocycles. The predicted molar refractivity (Wildman–Crippen MR) is 68.1 cm³/mol. The monoisotopic (exact) mass is 285 g/mol. The third kappa shape index (κ3) is 3.60. The number of piperazine rings is 1. The van der Waals surface area contributed by atoms with Crippen LogP contribution in [0.5, 0.6) is 0 Å². The van der Waals surface area contributed by atoms with Crippen LogP contribution in [0.15, 0.2) is 0 Å². The average molecular weight is 285 g/mol. The minimum atomic E-state index is -1.12. The zero-order valence-corrected chi connectivity index (χ0v) is 11.1. The number of hydrogen-bond donors (Lipinski definition) is 3. The number of hydrogen-bond acceptors (Lipinski definition) is 4. The number of carboxylic acid groups (broad SMARTS) is 1. The second kappa shape index (κ2) is 6.56. The second-order valence-corrected chi connectivity index (χ2v) is 5.06. The van der Waals surface area contributed by atoms with Crippen molar-refractivity contribution < 1.29 is 24.2 Å². The van der Waals surface area contributed by atoms with Gasteiger partial charge in [-0.25, -0.2) is 9.59 Å². The molecule has 0 aromatic heterocycles. The number of nitrogens with zero attached hydrogens (tertiary/aromatic N) is 1. The van der Waals surface area contributed by atoms with Crippen LogP contribution in [-0.4, -0.2) is 66.8 Å². The van der Waals surface area contributed by atoms with Crippen LogP contribution >= 0.6 is 0 Å². The van der Waals surface area contributed by atoms with Crippen LogP contribution in [0.4, 0.5) is 4.79 Å². The van der Waals surface area contributed by atoms with Gasteiger partial charge >= 0.3 is 12.0 Å². The van der Waals surface area contributed by atoms with Crippen molar-refractivity contribution in [3.63, 3.8) is 0 Å². The van der Waals surface area contributed by atoms with E-state index in [4.69, 9.17) is 9.84 Å². The lowest BCUT2D eigenvalue weighted by Crippen LogP contribution is -2.61. The number of nitrogens with one attached hydrogen (secondary N) is 2. The Morgan fingerprint density at radius 1 is 1.50 bits per heavy atom. The highest BCUT2D eigenvalue weighted by molar-refractivity contribution is 5.90. The van der Waals surface area contributed by atoms with Crippen LogP contribution in [0.1, 0.15) is 12.8 Å². The molecule has 0 aromatic rings. The zero-order valence-electron chi connectivity index (χ0n) is 11.1. The molecule has 2 saturated heterocycles. The van der Waals surface area contributed by atoms with Crippen LogP contribution < -0.4 is 10.6 Å². The third-order valence-electron chi connectivity index (χ3n) is 3.53. The van der Waals surface area contributed by atoms with Gasteiger partial charge in [0.2, 0.25) is 5.91 Å². The Bertz CT molecular complexity index is 395. The van der Waals surface area contributed by atoms with E-state index in [-0.39, 0.29) is 24.9 Å². The molecule has 2 aliphatic rings. The van der Waals surface area contributed by atoms with Gasteiger partial charge in [0.25, 0.3) is 0 Å². The summed E-state index contributed by atoms with van der Waals surface area (Å²) in [6.07, 6.45) is 1.94. The maximum Gasteiger partial charge on any atom is 0.328 e. The SMILES string of the molecule is O=C1CN(C(=O)NCC2CCCOC2)C(C(=O)O)CN1. The summed E-state index contributed by atoms with van der Waals surface area (Å²) in [5, 5.41) is 14.2. The maximum absolute atomic E-state index is 12.0. The molecule has 2 aliphatic heterocycles. The minimum Gasteiger partial charge on any atom is -0.480 e. The summed E-state index contributed by atoms with van der Waals surface area (Å²) in [5.74, 6) is -1.23. The Balaban J connectivity index is 1.87. The summed E-state index contributed by atoms with van der Waals surface area (Å²) in [5.41, 5.74) is 0. The van der Waals surface area contributed by atoms with Gasteiger partial charge < -0.3 is 20.5 Å². The molecule has 0 aliphatic carbocycles. The van der Waals surface area contributed by atoms with E-state index in [1.807, 2.05) is 0 Å². The smallest absolute Gasteiger partial charge is 0.328 e. The van der Waals surface area contributed by atoms with Gasteiger partial charge in [-0.05, 0) is 18.8 Å². The molecular formula is C12H19N3O5. The van der Waals surface area contributed by atoms with Crippen molar-refractivity contribution in [1.29, 1.82) is 0 Å². The summed E-state index contributed by atoms with van der Waals surface area (Å²) < 4.78 is 5.31. The lowest BCUT2D eigenvalue weighted by Gasteiger charge is -2.33. The molecule has 8 nitrogen and oxygen atoms in total. The summed E-state index contributed by atoms with van der Waals surface area (Å²) in [6, 6.07) is -1.53. The van der Waals surface area contributed by atoms with Gasteiger partial charge in [0.1, 0.15) is 12.6 Å². The van der Waals surface area contributed by atoms with E-state index in [1.54, 1.807) is 0 Å². The van der Waals surface area contributed by atoms with Crippen LogP contribution in [0.2, 0.25) is 0 Å². The fraction of sp³-hybridized carbons (Fsp3) is 0.750. The molecule has 8 heteroatoms. The molecule has 3 amide bonds. The fourth-order valence-electron chi connectivity index (χ4n) is 2.38.